The number of rotatable bonds is 8. The lowest BCUT2D eigenvalue weighted by Crippen LogP contribution is -2.26. The molecule has 2 unspecified atom stereocenters. The van der Waals surface area contributed by atoms with Crippen LogP contribution >= 0.6 is 0 Å². The quantitative estimate of drug-likeness (QED) is 0.0785. The Bertz CT molecular complexity index is 1830. The van der Waals surface area contributed by atoms with Crippen LogP contribution in [-0.2, 0) is 4.79 Å². The van der Waals surface area contributed by atoms with E-state index in [4.69, 9.17) is 4.74 Å². The zero-order chi connectivity index (χ0) is 30.6. The van der Waals surface area contributed by atoms with Crippen LogP contribution < -0.4 is 9.64 Å². The highest BCUT2D eigenvalue weighted by Crippen LogP contribution is 2.52. The second-order valence-electron chi connectivity index (χ2n) is 11.7. The molecule has 3 heteroatoms. The van der Waals surface area contributed by atoms with Gasteiger partial charge in [-0.25, -0.2) is 4.79 Å². The Morgan fingerprint density at radius 2 is 1.33 bits per heavy atom. The van der Waals surface area contributed by atoms with Gasteiger partial charge in [0.25, 0.3) is 0 Å². The van der Waals surface area contributed by atoms with Crippen molar-refractivity contribution in [2.24, 2.45) is 0 Å². The summed E-state index contributed by atoms with van der Waals surface area (Å²) in [4.78, 5) is 14.0. The minimum Gasteiger partial charge on any atom is -0.423 e. The van der Waals surface area contributed by atoms with E-state index in [2.05, 4.69) is 133 Å². The van der Waals surface area contributed by atoms with Crippen molar-refractivity contribution >= 4 is 41.1 Å². The maximum atomic E-state index is 11.5. The lowest BCUT2D eigenvalue weighted by atomic mass is 9.95. The molecule has 2 atom stereocenters. The predicted octanol–water partition coefficient (Wildman–Crippen LogP) is 10.3. The standard InChI is InChI=1S/C42H35NO2/c1-2-42(44)45-36-25-20-30(21-26-36)16-17-31-22-27-41-39(29-31)37-14-9-15-40(37)43(41)35-23-18-32(19-24-35)28-38(33-10-5-3-6-11-33)34-12-7-4-8-13-34/h2-8,10-13,16-29,37,40H,1,9,14-15H2. The van der Waals surface area contributed by atoms with E-state index >= 15 is 0 Å². The van der Waals surface area contributed by atoms with Crippen LogP contribution in [0.4, 0.5) is 11.4 Å². The van der Waals surface area contributed by atoms with E-state index in [-0.39, 0.29) is 0 Å². The van der Waals surface area contributed by atoms with Crippen molar-refractivity contribution in [2.75, 3.05) is 4.90 Å². The summed E-state index contributed by atoms with van der Waals surface area (Å²) in [5, 5.41) is 0. The smallest absolute Gasteiger partial charge is 0.335 e. The molecule has 1 heterocycles. The molecule has 2 aliphatic rings. The predicted molar refractivity (Wildman–Crippen MR) is 186 cm³/mol. The third-order valence-electron chi connectivity index (χ3n) is 8.91. The van der Waals surface area contributed by atoms with Crippen molar-refractivity contribution in [3.05, 3.63) is 173 Å². The number of esters is 1. The van der Waals surface area contributed by atoms with Crippen LogP contribution in [0.25, 0.3) is 23.8 Å². The molecule has 0 bridgehead atoms. The zero-order valence-corrected chi connectivity index (χ0v) is 25.2. The Hall–Kier alpha value is -5.41. The topological polar surface area (TPSA) is 29.5 Å². The van der Waals surface area contributed by atoms with E-state index < -0.39 is 5.97 Å². The fourth-order valence-electron chi connectivity index (χ4n) is 6.78. The van der Waals surface area contributed by atoms with Gasteiger partial charge in [0.2, 0.25) is 0 Å². The number of benzene rings is 5. The average Bonchev–Trinajstić information content (AvgIpc) is 3.69. The van der Waals surface area contributed by atoms with E-state index in [1.807, 2.05) is 12.1 Å². The molecule has 0 N–H and O–H groups in total. The minimum atomic E-state index is -0.455. The summed E-state index contributed by atoms with van der Waals surface area (Å²) in [5.41, 5.74) is 11.1. The molecule has 1 aliphatic carbocycles. The number of anilines is 2. The highest BCUT2D eigenvalue weighted by Gasteiger charge is 2.42. The molecule has 0 spiro atoms. The molecule has 0 radical (unpaired) electrons. The number of hydrogen-bond acceptors (Lipinski definition) is 3. The van der Waals surface area contributed by atoms with Gasteiger partial charge in [-0.1, -0.05) is 116 Å². The molecular formula is C42H35NO2. The summed E-state index contributed by atoms with van der Waals surface area (Å²) in [6, 6.07) is 45.2. The van der Waals surface area contributed by atoms with Crippen molar-refractivity contribution in [1.29, 1.82) is 0 Å². The summed E-state index contributed by atoms with van der Waals surface area (Å²) < 4.78 is 5.19. The first kappa shape index (κ1) is 28.4. The fourth-order valence-corrected chi connectivity index (χ4v) is 6.78. The number of hydrogen-bond donors (Lipinski definition) is 0. The SMILES string of the molecule is C=CC(=O)Oc1ccc(C=Cc2ccc3c(c2)C2CCCC2N3c2ccc(C=C(c3ccccc3)c3ccccc3)cc2)cc1. The molecule has 5 aromatic carbocycles. The van der Waals surface area contributed by atoms with Gasteiger partial charge in [-0.3, -0.25) is 0 Å². The minimum absolute atomic E-state index is 0.455. The van der Waals surface area contributed by atoms with Gasteiger partial charge in [-0.05, 0) is 94.3 Å². The lowest BCUT2D eigenvalue weighted by Gasteiger charge is -2.27. The Balaban J connectivity index is 1.14. The van der Waals surface area contributed by atoms with E-state index in [0.717, 1.165) is 5.56 Å². The molecule has 5 aromatic rings. The van der Waals surface area contributed by atoms with Crippen molar-refractivity contribution < 1.29 is 9.53 Å². The molecule has 3 nitrogen and oxygen atoms in total. The Kier molecular flexibility index (Phi) is 7.99. The Morgan fingerprint density at radius 3 is 2.00 bits per heavy atom. The van der Waals surface area contributed by atoms with Crippen molar-refractivity contribution in [2.45, 2.75) is 31.2 Å². The van der Waals surface area contributed by atoms with Gasteiger partial charge >= 0.3 is 5.97 Å². The van der Waals surface area contributed by atoms with Crippen molar-refractivity contribution in [1.82, 2.24) is 0 Å². The first-order valence-corrected chi connectivity index (χ1v) is 15.6. The first-order chi connectivity index (χ1) is 22.2. The molecule has 1 fully saturated rings. The Labute approximate surface area is 265 Å². The summed E-state index contributed by atoms with van der Waals surface area (Å²) in [5.74, 6) is 0.608. The summed E-state index contributed by atoms with van der Waals surface area (Å²) >= 11 is 0. The summed E-state index contributed by atoms with van der Waals surface area (Å²) in [6.07, 6.45) is 11.4. The maximum Gasteiger partial charge on any atom is 0.335 e. The monoisotopic (exact) mass is 585 g/mol. The van der Waals surface area contributed by atoms with E-state index in [9.17, 15) is 4.79 Å². The van der Waals surface area contributed by atoms with Crippen molar-refractivity contribution in [3.63, 3.8) is 0 Å². The second-order valence-corrected chi connectivity index (χ2v) is 11.7. The van der Waals surface area contributed by atoms with Gasteiger partial charge in [-0.15, -0.1) is 0 Å². The van der Waals surface area contributed by atoms with Gasteiger partial charge < -0.3 is 9.64 Å². The number of fused-ring (bicyclic) bond motifs is 3. The van der Waals surface area contributed by atoms with Crippen LogP contribution in [0.15, 0.2) is 140 Å². The first-order valence-electron chi connectivity index (χ1n) is 15.6. The van der Waals surface area contributed by atoms with Crippen molar-refractivity contribution in [3.8, 4) is 5.75 Å². The highest BCUT2D eigenvalue weighted by atomic mass is 16.5. The van der Waals surface area contributed by atoms with Gasteiger partial charge in [0, 0.05) is 29.4 Å². The van der Waals surface area contributed by atoms with Crippen LogP contribution in [0.3, 0.4) is 0 Å². The van der Waals surface area contributed by atoms with Crippen LogP contribution in [0, 0.1) is 0 Å². The fraction of sp³-hybridized carbons (Fsp3) is 0.119. The molecule has 1 saturated carbocycles. The molecule has 220 valence electrons. The van der Waals surface area contributed by atoms with Crippen LogP contribution in [0.1, 0.15) is 58.6 Å². The molecular weight excluding hydrogens is 550 g/mol. The summed E-state index contributed by atoms with van der Waals surface area (Å²) in [6.45, 7) is 3.44. The van der Waals surface area contributed by atoms with Gasteiger partial charge in [0.05, 0.1) is 0 Å². The normalized spacial score (nSPS) is 16.7. The second kappa shape index (κ2) is 12.7. The van der Waals surface area contributed by atoms with Crippen LogP contribution in [-0.4, -0.2) is 12.0 Å². The third-order valence-corrected chi connectivity index (χ3v) is 8.91. The third kappa shape index (κ3) is 6.03. The van der Waals surface area contributed by atoms with E-state index in [0.29, 0.717) is 17.7 Å². The molecule has 7 rings (SSSR count). The number of carbonyl (C=O) groups is 1. The van der Waals surface area contributed by atoms with E-state index in [1.165, 1.54) is 70.1 Å². The molecule has 0 aromatic heterocycles. The number of carbonyl (C=O) groups excluding carboxylic acids is 1. The molecule has 0 saturated heterocycles. The molecule has 0 amide bonds. The maximum absolute atomic E-state index is 11.5. The lowest BCUT2D eigenvalue weighted by molar-refractivity contribution is -0.128. The van der Waals surface area contributed by atoms with Crippen LogP contribution in [0.2, 0.25) is 0 Å². The summed E-state index contributed by atoms with van der Waals surface area (Å²) in [7, 11) is 0. The molecule has 45 heavy (non-hydrogen) atoms. The van der Waals surface area contributed by atoms with Crippen LogP contribution in [0.5, 0.6) is 5.75 Å². The number of ether oxygens (including phenoxy) is 1. The van der Waals surface area contributed by atoms with Gasteiger partial charge in [-0.2, -0.15) is 0 Å². The highest BCUT2D eigenvalue weighted by molar-refractivity contribution is 5.91. The average molecular weight is 586 g/mol. The number of nitrogens with zero attached hydrogens (tertiary/aromatic N) is 1. The van der Waals surface area contributed by atoms with Gasteiger partial charge in [0.15, 0.2) is 0 Å². The van der Waals surface area contributed by atoms with Gasteiger partial charge in [0.1, 0.15) is 5.75 Å². The zero-order valence-electron chi connectivity index (χ0n) is 25.2. The Morgan fingerprint density at radius 1 is 0.711 bits per heavy atom. The largest absolute Gasteiger partial charge is 0.423 e. The molecule has 1 aliphatic heterocycles. The van der Waals surface area contributed by atoms with E-state index in [1.54, 1.807) is 12.1 Å².